The Kier molecular flexibility index (Phi) is 4.21. The van der Waals surface area contributed by atoms with Crippen molar-refractivity contribution >= 4 is 39.2 Å². The third kappa shape index (κ3) is 3.02. The molecule has 112 valence electrons. The van der Waals surface area contributed by atoms with Crippen molar-refractivity contribution < 1.29 is 13.9 Å². The lowest BCUT2D eigenvalue weighted by atomic mass is 10.2. The molecule has 1 amide bonds. The molecule has 22 heavy (non-hydrogen) atoms. The number of methoxy groups -OCH3 is 1. The monoisotopic (exact) mass is 379 g/mol. The van der Waals surface area contributed by atoms with Crippen molar-refractivity contribution in [1.82, 2.24) is 10.2 Å². The average Bonchev–Trinajstić information content (AvgIpc) is 3.16. The number of ether oxygens (including phenoxy) is 1. The van der Waals surface area contributed by atoms with Gasteiger partial charge in [0.05, 0.1) is 21.3 Å². The molecule has 2 aromatic heterocycles. The van der Waals surface area contributed by atoms with Crippen molar-refractivity contribution in [2.45, 2.75) is 0 Å². The summed E-state index contributed by atoms with van der Waals surface area (Å²) in [5.41, 5.74) is 0.664. The van der Waals surface area contributed by atoms with Gasteiger partial charge in [0.2, 0.25) is 0 Å². The van der Waals surface area contributed by atoms with Gasteiger partial charge in [0.25, 0.3) is 11.8 Å². The fraction of sp³-hybridized carbons (Fsp3) is 0.0714. The number of aromatic nitrogens is 2. The summed E-state index contributed by atoms with van der Waals surface area (Å²) in [6.07, 6.45) is 0. The van der Waals surface area contributed by atoms with Gasteiger partial charge in [-0.1, -0.05) is 17.2 Å². The second-order valence-electron chi connectivity index (χ2n) is 4.17. The fourth-order valence-electron chi connectivity index (χ4n) is 1.80. The molecule has 0 unspecified atom stereocenters. The molecule has 6 nitrogen and oxygen atoms in total. The van der Waals surface area contributed by atoms with E-state index in [-0.39, 0.29) is 17.8 Å². The highest BCUT2D eigenvalue weighted by Crippen LogP contribution is 2.29. The second-order valence-corrected chi connectivity index (χ2v) is 6.63. The van der Waals surface area contributed by atoms with E-state index in [4.69, 9.17) is 9.15 Å². The Labute approximate surface area is 138 Å². The first kappa shape index (κ1) is 14.7. The Morgan fingerprint density at radius 1 is 1.27 bits per heavy atom. The number of hydrogen-bond acceptors (Lipinski definition) is 6. The number of hydrogen-bond donors (Lipinski definition) is 1. The Morgan fingerprint density at radius 3 is 2.82 bits per heavy atom. The standard InChI is InChI=1S/C14H10BrN3O3S/c1-20-9-5-3-2-4-8(9)13-17-18-14(21-13)16-12(19)10-6-7-11(15)22-10/h2-7H,1H3,(H,16,18,19). The molecular formula is C14H10BrN3O3S. The minimum atomic E-state index is -0.300. The molecule has 8 heteroatoms. The van der Waals surface area contributed by atoms with Crippen LogP contribution in [0.1, 0.15) is 9.67 Å². The van der Waals surface area contributed by atoms with Crippen molar-refractivity contribution in [3.8, 4) is 17.2 Å². The van der Waals surface area contributed by atoms with E-state index < -0.39 is 0 Å². The molecule has 0 spiro atoms. The van der Waals surface area contributed by atoms with Crippen LogP contribution in [0.15, 0.2) is 44.6 Å². The van der Waals surface area contributed by atoms with Gasteiger partial charge in [0, 0.05) is 0 Å². The van der Waals surface area contributed by atoms with E-state index in [0.717, 1.165) is 3.79 Å². The molecule has 0 bridgehead atoms. The van der Waals surface area contributed by atoms with Gasteiger partial charge < -0.3 is 9.15 Å². The number of carbonyl (C=O) groups is 1. The zero-order chi connectivity index (χ0) is 15.5. The molecular weight excluding hydrogens is 370 g/mol. The number of amides is 1. The summed E-state index contributed by atoms with van der Waals surface area (Å²) in [7, 11) is 1.56. The maximum Gasteiger partial charge on any atom is 0.322 e. The predicted octanol–water partition coefficient (Wildman–Crippen LogP) is 3.82. The van der Waals surface area contributed by atoms with Crippen LogP contribution in [0.5, 0.6) is 5.75 Å². The first-order chi connectivity index (χ1) is 10.7. The van der Waals surface area contributed by atoms with Gasteiger partial charge in [0.15, 0.2) is 0 Å². The van der Waals surface area contributed by atoms with Gasteiger partial charge in [-0.3, -0.25) is 10.1 Å². The molecule has 1 aromatic carbocycles. The molecule has 0 aliphatic heterocycles. The smallest absolute Gasteiger partial charge is 0.322 e. The summed E-state index contributed by atoms with van der Waals surface area (Å²) < 4.78 is 11.6. The topological polar surface area (TPSA) is 77.3 Å². The number of nitrogens with zero attached hydrogens (tertiary/aromatic N) is 2. The van der Waals surface area contributed by atoms with Gasteiger partial charge in [-0.25, -0.2) is 0 Å². The minimum Gasteiger partial charge on any atom is -0.496 e. The number of thiophene rings is 1. The molecule has 0 aliphatic rings. The number of para-hydroxylation sites is 1. The third-order valence-corrected chi connectivity index (χ3v) is 4.40. The average molecular weight is 380 g/mol. The first-order valence-corrected chi connectivity index (χ1v) is 7.82. The quantitative estimate of drug-likeness (QED) is 0.745. The van der Waals surface area contributed by atoms with E-state index in [1.54, 1.807) is 31.4 Å². The highest BCUT2D eigenvalue weighted by atomic mass is 79.9. The van der Waals surface area contributed by atoms with Crippen molar-refractivity contribution in [3.05, 3.63) is 45.1 Å². The summed E-state index contributed by atoms with van der Waals surface area (Å²) in [4.78, 5) is 12.6. The van der Waals surface area contributed by atoms with E-state index in [9.17, 15) is 4.79 Å². The molecule has 0 saturated heterocycles. The Balaban J connectivity index is 1.80. The van der Waals surface area contributed by atoms with Crippen LogP contribution in [0.2, 0.25) is 0 Å². The minimum absolute atomic E-state index is 0.0374. The molecule has 0 atom stereocenters. The zero-order valence-corrected chi connectivity index (χ0v) is 13.8. The van der Waals surface area contributed by atoms with Gasteiger partial charge in [-0.2, -0.15) is 0 Å². The fourth-order valence-corrected chi connectivity index (χ4v) is 3.08. The largest absolute Gasteiger partial charge is 0.496 e. The van der Waals surface area contributed by atoms with Gasteiger partial charge >= 0.3 is 6.01 Å². The SMILES string of the molecule is COc1ccccc1-c1nnc(NC(=O)c2ccc(Br)s2)o1. The van der Waals surface area contributed by atoms with Crippen LogP contribution >= 0.6 is 27.3 Å². The number of rotatable bonds is 4. The van der Waals surface area contributed by atoms with Crippen LogP contribution in [0.3, 0.4) is 0 Å². The van der Waals surface area contributed by atoms with E-state index >= 15 is 0 Å². The van der Waals surface area contributed by atoms with E-state index in [1.165, 1.54) is 11.3 Å². The highest BCUT2D eigenvalue weighted by molar-refractivity contribution is 9.11. The van der Waals surface area contributed by atoms with Crippen LogP contribution in [0.4, 0.5) is 6.01 Å². The van der Waals surface area contributed by atoms with Gasteiger partial charge in [-0.15, -0.1) is 16.4 Å². The lowest BCUT2D eigenvalue weighted by Gasteiger charge is -2.03. The predicted molar refractivity (Wildman–Crippen MR) is 86.3 cm³/mol. The van der Waals surface area contributed by atoms with Crippen LogP contribution in [0, 0.1) is 0 Å². The summed E-state index contributed by atoms with van der Waals surface area (Å²) in [5.74, 6) is 0.595. The number of anilines is 1. The number of halogens is 1. The van der Waals surface area contributed by atoms with Crippen molar-refractivity contribution in [3.63, 3.8) is 0 Å². The summed E-state index contributed by atoms with van der Waals surface area (Å²) >= 11 is 4.63. The van der Waals surface area contributed by atoms with Crippen molar-refractivity contribution in [2.75, 3.05) is 12.4 Å². The van der Waals surface area contributed by atoms with Crippen LogP contribution in [-0.2, 0) is 0 Å². The summed E-state index contributed by atoms with van der Waals surface area (Å²) in [6, 6.07) is 10.8. The lowest BCUT2D eigenvalue weighted by molar-refractivity contribution is 0.102. The Hall–Kier alpha value is -2.19. The molecule has 1 N–H and O–H groups in total. The number of carbonyl (C=O) groups excluding carboxylic acids is 1. The normalized spacial score (nSPS) is 10.5. The van der Waals surface area contributed by atoms with Crippen LogP contribution < -0.4 is 10.1 Å². The van der Waals surface area contributed by atoms with Crippen molar-refractivity contribution in [1.29, 1.82) is 0 Å². The maximum absolute atomic E-state index is 12.0. The third-order valence-electron chi connectivity index (χ3n) is 2.78. The zero-order valence-electron chi connectivity index (χ0n) is 11.4. The first-order valence-electron chi connectivity index (χ1n) is 6.21. The van der Waals surface area contributed by atoms with E-state index in [0.29, 0.717) is 16.2 Å². The molecule has 0 radical (unpaired) electrons. The molecule has 2 heterocycles. The highest BCUT2D eigenvalue weighted by Gasteiger charge is 2.16. The Bertz CT molecular complexity index is 815. The molecule has 0 aliphatic carbocycles. The second kappa shape index (κ2) is 6.29. The van der Waals surface area contributed by atoms with E-state index in [1.807, 2.05) is 12.1 Å². The molecule has 0 fully saturated rings. The molecule has 3 rings (SSSR count). The van der Waals surface area contributed by atoms with Crippen LogP contribution in [-0.4, -0.2) is 23.2 Å². The molecule has 0 saturated carbocycles. The van der Waals surface area contributed by atoms with E-state index in [2.05, 4.69) is 31.4 Å². The summed E-state index contributed by atoms with van der Waals surface area (Å²) in [5, 5.41) is 10.3. The summed E-state index contributed by atoms with van der Waals surface area (Å²) in [6.45, 7) is 0. The van der Waals surface area contributed by atoms with Gasteiger partial charge in [0.1, 0.15) is 5.75 Å². The molecule has 3 aromatic rings. The lowest BCUT2D eigenvalue weighted by Crippen LogP contribution is -2.10. The van der Waals surface area contributed by atoms with Crippen molar-refractivity contribution in [2.24, 2.45) is 0 Å². The van der Waals surface area contributed by atoms with Crippen LogP contribution in [0.25, 0.3) is 11.5 Å². The Morgan fingerprint density at radius 2 is 2.09 bits per heavy atom. The number of benzene rings is 1. The maximum atomic E-state index is 12.0. The number of nitrogens with one attached hydrogen (secondary N) is 1. The van der Waals surface area contributed by atoms with Gasteiger partial charge in [-0.05, 0) is 40.2 Å².